The average molecular weight is 326 g/mol. The van der Waals surface area contributed by atoms with E-state index in [4.69, 9.17) is 9.47 Å². The highest BCUT2D eigenvalue weighted by Crippen LogP contribution is 2.36. The van der Waals surface area contributed by atoms with Gasteiger partial charge in [-0.3, -0.25) is 0 Å². The van der Waals surface area contributed by atoms with Crippen LogP contribution in [0.1, 0.15) is 67.2 Å². The number of piperidine rings is 1. The van der Waals surface area contributed by atoms with Crippen LogP contribution in [0.25, 0.3) is 0 Å². The number of rotatable bonds is 1. The number of carbonyl (C=O) groups excluding carboxylic acids is 2. The number of nitrogens with one attached hydrogen (secondary N) is 1. The number of hydrogen-bond acceptors (Lipinski definition) is 4. The lowest BCUT2D eigenvalue weighted by Crippen LogP contribution is -2.53. The van der Waals surface area contributed by atoms with Crippen molar-refractivity contribution in [1.29, 1.82) is 0 Å². The molecular formula is C17H30N2O4. The van der Waals surface area contributed by atoms with Gasteiger partial charge in [0.2, 0.25) is 0 Å². The van der Waals surface area contributed by atoms with Gasteiger partial charge in [0.05, 0.1) is 0 Å². The van der Waals surface area contributed by atoms with Gasteiger partial charge in [0.15, 0.2) is 0 Å². The predicted molar refractivity (Wildman–Crippen MR) is 87.3 cm³/mol. The minimum Gasteiger partial charge on any atom is -0.444 e. The molecule has 0 aliphatic carbocycles. The molecule has 0 aromatic carbocycles. The van der Waals surface area contributed by atoms with Crippen molar-refractivity contribution < 1.29 is 19.1 Å². The molecule has 2 aliphatic rings. The first-order valence-corrected chi connectivity index (χ1v) is 8.45. The van der Waals surface area contributed by atoms with Crippen LogP contribution in [0.15, 0.2) is 0 Å². The maximum Gasteiger partial charge on any atom is 0.410 e. The second kappa shape index (κ2) is 6.21. The summed E-state index contributed by atoms with van der Waals surface area (Å²) in [6.07, 6.45) is 2.84. The Morgan fingerprint density at radius 3 is 1.83 bits per heavy atom. The van der Waals surface area contributed by atoms with Crippen LogP contribution < -0.4 is 5.32 Å². The van der Waals surface area contributed by atoms with E-state index >= 15 is 0 Å². The van der Waals surface area contributed by atoms with Crippen LogP contribution in [0.3, 0.4) is 0 Å². The first-order valence-electron chi connectivity index (χ1n) is 8.45. The summed E-state index contributed by atoms with van der Waals surface area (Å²) in [7, 11) is 0. The summed E-state index contributed by atoms with van der Waals surface area (Å²) < 4.78 is 10.8. The minimum absolute atomic E-state index is 0.0565. The summed E-state index contributed by atoms with van der Waals surface area (Å²) in [5.41, 5.74) is -0.984. The molecule has 6 nitrogen and oxygen atoms in total. The second-order valence-corrected chi connectivity index (χ2v) is 8.59. The third-order valence-electron chi connectivity index (χ3n) is 4.06. The van der Waals surface area contributed by atoms with Crippen molar-refractivity contribution in [2.24, 2.45) is 0 Å². The van der Waals surface area contributed by atoms with Gasteiger partial charge in [-0.05, 0) is 67.2 Å². The van der Waals surface area contributed by atoms with Gasteiger partial charge in [-0.1, -0.05) is 0 Å². The molecule has 1 unspecified atom stereocenters. The van der Waals surface area contributed by atoms with Gasteiger partial charge in [-0.2, -0.15) is 0 Å². The fourth-order valence-corrected chi connectivity index (χ4v) is 3.38. The Kier molecular flexibility index (Phi) is 4.83. The third-order valence-corrected chi connectivity index (χ3v) is 4.06. The van der Waals surface area contributed by atoms with E-state index in [1.54, 1.807) is 0 Å². The number of hydrogen-bond donors (Lipinski definition) is 1. The number of carbonyl (C=O) groups is 2. The fourth-order valence-electron chi connectivity index (χ4n) is 3.38. The zero-order valence-corrected chi connectivity index (χ0v) is 15.1. The van der Waals surface area contributed by atoms with E-state index < -0.39 is 11.2 Å². The number of ether oxygens (including phenoxy) is 2. The van der Waals surface area contributed by atoms with Crippen molar-refractivity contribution in [2.75, 3.05) is 0 Å². The monoisotopic (exact) mass is 326 g/mol. The Balaban J connectivity index is 1.92. The van der Waals surface area contributed by atoms with Crippen molar-refractivity contribution in [3.63, 3.8) is 0 Å². The van der Waals surface area contributed by atoms with Crippen molar-refractivity contribution in [3.05, 3.63) is 0 Å². The Morgan fingerprint density at radius 2 is 1.39 bits per heavy atom. The first kappa shape index (κ1) is 17.9. The third kappa shape index (κ3) is 5.01. The van der Waals surface area contributed by atoms with E-state index in [1.165, 1.54) is 0 Å². The molecule has 2 saturated heterocycles. The van der Waals surface area contributed by atoms with Gasteiger partial charge in [-0.25, -0.2) is 9.59 Å². The molecule has 2 rings (SSSR count). The van der Waals surface area contributed by atoms with Crippen molar-refractivity contribution in [2.45, 2.75) is 96.6 Å². The van der Waals surface area contributed by atoms with Gasteiger partial charge in [0.25, 0.3) is 0 Å². The largest absolute Gasteiger partial charge is 0.444 e. The normalized spacial score (nSPS) is 27.6. The lowest BCUT2D eigenvalue weighted by atomic mass is 9.98. The van der Waals surface area contributed by atoms with Crippen LogP contribution in [0, 0.1) is 0 Å². The standard InChI is InChI=1S/C17H30N2O4/c1-16(2,3)22-14(20)18-11-9-12-7-8-13(10-11)19(12)15(21)23-17(4,5)6/h11-13H,7-10H2,1-6H3,(H,18,20)/t11?,12-,13+. The molecule has 23 heavy (non-hydrogen) atoms. The van der Waals surface area contributed by atoms with Crippen LogP contribution in [0.5, 0.6) is 0 Å². The summed E-state index contributed by atoms with van der Waals surface area (Å²) in [6, 6.07) is 0.341. The lowest BCUT2D eigenvalue weighted by Gasteiger charge is -2.39. The molecule has 0 saturated carbocycles. The van der Waals surface area contributed by atoms with Gasteiger partial charge in [0, 0.05) is 18.1 Å². The Labute approximate surface area is 138 Å². The van der Waals surface area contributed by atoms with Crippen LogP contribution >= 0.6 is 0 Å². The van der Waals surface area contributed by atoms with Crippen molar-refractivity contribution >= 4 is 12.2 Å². The van der Waals surface area contributed by atoms with E-state index in [0.29, 0.717) is 0 Å². The topological polar surface area (TPSA) is 67.9 Å². The maximum absolute atomic E-state index is 12.4. The molecule has 0 aromatic heterocycles. The molecular weight excluding hydrogens is 296 g/mol. The molecule has 2 fully saturated rings. The van der Waals surface area contributed by atoms with E-state index in [-0.39, 0.29) is 30.3 Å². The lowest BCUT2D eigenvalue weighted by molar-refractivity contribution is 0.00377. The number of alkyl carbamates (subject to hydrolysis) is 1. The van der Waals surface area contributed by atoms with E-state index in [2.05, 4.69) is 5.32 Å². The SMILES string of the molecule is CC(C)(C)OC(=O)NC1C[C@H]2CC[C@@H](C1)N2C(=O)OC(C)(C)C. The van der Waals surface area contributed by atoms with Crippen LogP contribution in [0.4, 0.5) is 9.59 Å². The fraction of sp³-hybridized carbons (Fsp3) is 0.882. The molecule has 2 amide bonds. The molecule has 0 aromatic rings. The number of nitrogens with zero attached hydrogens (tertiary/aromatic N) is 1. The summed E-state index contributed by atoms with van der Waals surface area (Å²) in [5.74, 6) is 0. The van der Waals surface area contributed by atoms with Crippen LogP contribution in [0.2, 0.25) is 0 Å². The van der Waals surface area contributed by atoms with Gasteiger partial charge in [-0.15, -0.1) is 0 Å². The molecule has 1 N–H and O–H groups in total. The summed E-state index contributed by atoms with van der Waals surface area (Å²) in [4.78, 5) is 26.2. The molecule has 132 valence electrons. The van der Waals surface area contributed by atoms with Crippen molar-refractivity contribution in [3.8, 4) is 0 Å². The molecule has 2 aliphatic heterocycles. The highest BCUT2D eigenvalue weighted by atomic mass is 16.6. The highest BCUT2D eigenvalue weighted by molar-refractivity contribution is 5.70. The van der Waals surface area contributed by atoms with E-state index in [1.807, 2.05) is 46.4 Å². The molecule has 3 atom stereocenters. The van der Waals surface area contributed by atoms with E-state index in [9.17, 15) is 9.59 Å². The average Bonchev–Trinajstić information content (AvgIpc) is 2.57. The van der Waals surface area contributed by atoms with Gasteiger partial charge >= 0.3 is 12.2 Å². The molecule has 2 bridgehead atoms. The van der Waals surface area contributed by atoms with Crippen molar-refractivity contribution in [1.82, 2.24) is 10.2 Å². The highest BCUT2D eigenvalue weighted by Gasteiger charge is 2.45. The molecule has 6 heteroatoms. The molecule has 2 heterocycles. The quantitative estimate of drug-likeness (QED) is 0.801. The summed E-state index contributed by atoms with van der Waals surface area (Å²) in [5, 5.41) is 2.94. The van der Waals surface area contributed by atoms with Crippen LogP contribution in [-0.2, 0) is 9.47 Å². The Morgan fingerprint density at radius 1 is 0.913 bits per heavy atom. The number of amides is 2. The zero-order valence-electron chi connectivity index (χ0n) is 15.1. The Bertz CT molecular complexity index is 450. The summed E-state index contributed by atoms with van der Waals surface area (Å²) >= 11 is 0. The number of fused-ring (bicyclic) bond motifs is 2. The molecule has 0 radical (unpaired) electrons. The summed E-state index contributed by atoms with van der Waals surface area (Å²) in [6.45, 7) is 11.2. The van der Waals surface area contributed by atoms with Crippen LogP contribution in [-0.4, -0.2) is 46.4 Å². The minimum atomic E-state index is -0.500. The first-order chi connectivity index (χ1) is 10.4. The predicted octanol–water partition coefficient (Wildman–Crippen LogP) is 3.44. The second-order valence-electron chi connectivity index (χ2n) is 8.59. The van der Waals surface area contributed by atoms with Gasteiger partial charge < -0.3 is 19.7 Å². The van der Waals surface area contributed by atoms with Gasteiger partial charge in [0.1, 0.15) is 11.2 Å². The maximum atomic E-state index is 12.4. The zero-order chi connectivity index (χ0) is 17.4. The van der Waals surface area contributed by atoms with E-state index in [0.717, 1.165) is 25.7 Å². The smallest absolute Gasteiger partial charge is 0.410 e. The molecule has 0 spiro atoms. The Hall–Kier alpha value is -1.46.